The lowest BCUT2D eigenvalue weighted by atomic mass is 10.2. The van der Waals surface area contributed by atoms with Crippen molar-refractivity contribution in [3.8, 4) is 0 Å². The van der Waals surface area contributed by atoms with E-state index < -0.39 is 0 Å². The fourth-order valence-electron chi connectivity index (χ4n) is 1.79. The lowest BCUT2D eigenvalue weighted by molar-refractivity contribution is 0.0992. The molecule has 0 aliphatic carbocycles. The molecule has 1 aromatic heterocycles. The van der Waals surface area contributed by atoms with Gasteiger partial charge in [-0.15, -0.1) is 0 Å². The number of rotatable bonds is 10. The second-order valence-corrected chi connectivity index (χ2v) is 5.25. The van der Waals surface area contributed by atoms with Crippen molar-refractivity contribution < 1.29 is 9.84 Å². The predicted molar refractivity (Wildman–Crippen MR) is 86.0 cm³/mol. The molecule has 3 N–H and O–H groups in total. The van der Waals surface area contributed by atoms with Crippen molar-refractivity contribution in [2.45, 2.75) is 40.0 Å². The van der Waals surface area contributed by atoms with Gasteiger partial charge in [-0.3, -0.25) is 0 Å². The van der Waals surface area contributed by atoms with E-state index in [0.29, 0.717) is 19.8 Å². The highest BCUT2D eigenvalue weighted by Crippen LogP contribution is 2.23. The highest BCUT2D eigenvalue weighted by molar-refractivity contribution is 5.57. The minimum Gasteiger partial charge on any atom is -0.394 e. The Labute approximate surface area is 127 Å². The van der Waals surface area contributed by atoms with Crippen molar-refractivity contribution in [1.82, 2.24) is 9.97 Å². The van der Waals surface area contributed by atoms with E-state index in [1.807, 2.05) is 6.92 Å². The largest absolute Gasteiger partial charge is 0.394 e. The van der Waals surface area contributed by atoms with Crippen LogP contribution in [0.5, 0.6) is 0 Å². The lowest BCUT2D eigenvalue weighted by Gasteiger charge is -2.16. The molecule has 1 heterocycles. The zero-order chi connectivity index (χ0) is 15.7. The number of nitrogens with zero attached hydrogens (tertiary/aromatic N) is 2. The monoisotopic (exact) mass is 296 g/mol. The number of anilines is 2. The van der Waals surface area contributed by atoms with Crippen molar-refractivity contribution >= 4 is 11.6 Å². The molecule has 0 atom stereocenters. The molecule has 1 aromatic rings. The van der Waals surface area contributed by atoms with Gasteiger partial charge >= 0.3 is 0 Å². The normalized spacial score (nSPS) is 11.0. The van der Waals surface area contributed by atoms with Crippen LogP contribution in [0.15, 0.2) is 0 Å². The zero-order valence-corrected chi connectivity index (χ0v) is 13.6. The van der Waals surface area contributed by atoms with Gasteiger partial charge in [0, 0.05) is 24.6 Å². The van der Waals surface area contributed by atoms with E-state index in [1.165, 1.54) is 0 Å². The first kappa shape index (κ1) is 17.7. The molecule has 21 heavy (non-hydrogen) atoms. The highest BCUT2D eigenvalue weighted by Gasteiger charge is 2.12. The molecule has 6 nitrogen and oxygen atoms in total. The molecular formula is C15H28N4O2. The van der Waals surface area contributed by atoms with E-state index in [-0.39, 0.29) is 12.5 Å². The van der Waals surface area contributed by atoms with Crippen LogP contribution >= 0.6 is 0 Å². The number of aromatic nitrogens is 2. The molecule has 0 saturated heterocycles. The van der Waals surface area contributed by atoms with Crippen LogP contribution in [0.25, 0.3) is 0 Å². The molecule has 0 aromatic carbocycles. The average molecular weight is 296 g/mol. The molecule has 0 amide bonds. The number of hydrogen-bond donors (Lipinski definition) is 3. The summed E-state index contributed by atoms with van der Waals surface area (Å²) < 4.78 is 5.25. The number of hydrogen-bond acceptors (Lipinski definition) is 6. The van der Waals surface area contributed by atoms with Crippen molar-refractivity contribution in [2.75, 3.05) is 43.5 Å². The minimum atomic E-state index is 0.0507. The van der Waals surface area contributed by atoms with Crippen molar-refractivity contribution in [2.24, 2.45) is 0 Å². The summed E-state index contributed by atoms with van der Waals surface area (Å²) in [6.45, 7) is 10.8. The van der Waals surface area contributed by atoms with Gasteiger partial charge in [0.2, 0.25) is 0 Å². The number of aliphatic hydroxyl groups is 1. The van der Waals surface area contributed by atoms with Crippen molar-refractivity contribution in [3.05, 3.63) is 11.4 Å². The van der Waals surface area contributed by atoms with Gasteiger partial charge in [0.25, 0.3) is 0 Å². The Hall–Kier alpha value is -1.40. The summed E-state index contributed by atoms with van der Waals surface area (Å²) in [7, 11) is 0. The van der Waals surface area contributed by atoms with Crippen LogP contribution in [0, 0.1) is 6.92 Å². The first-order chi connectivity index (χ1) is 10.1. The van der Waals surface area contributed by atoms with Gasteiger partial charge in [-0.25, -0.2) is 9.97 Å². The summed E-state index contributed by atoms with van der Waals surface area (Å²) in [6.07, 6.45) is 1.05. The van der Waals surface area contributed by atoms with Crippen molar-refractivity contribution in [1.29, 1.82) is 0 Å². The van der Waals surface area contributed by atoms with Gasteiger partial charge in [0.1, 0.15) is 17.5 Å². The summed E-state index contributed by atoms with van der Waals surface area (Å²) in [5.74, 6) is 2.85. The Bertz CT molecular complexity index is 424. The van der Waals surface area contributed by atoms with Crippen LogP contribution in [0.4, 0.5) is 11.6 Å². The van der Waals surface area contributed by atoms with Crippen LogP contribution in [-0.2, 0) is 4.74 Å². The Morgan fingerprint density at radius 3 is 2.24 bits per heavy atom. The van der Waals surface area contributed by atoms with Gasteiger partial charge < -0.3 is 20.5 Å². The Kier molecular flexibility index (Phi) is 8.00. The topological polar surface area (TPSA) is 79.3 Å². The third-order valence-corrected chi connectivity index (χ3v) is 3.00. The SMILES string of the molecule is CCCNc1nc(C(C)C)nc(NCCOCCO)c1C. The Morgan fingerprint density at radius 2 is 1.71 bits per heavy atom. The Morgan fingerprint density at radius 1 is 1.10 bits per heavy atom. The summed E-state index contributed by atoms with van der Waals surface area (Å²) in [6, 6.07) is 0. The standard InChI is InChI=1S/C15H28N4O2/c1-5-6-16-14-12(4)15(17-7-9-21-10-8-20)19-13(18-14)11(2)3/h11,20H,5-10H2,1-4H3,(H2,16,17,18,19). The smallest absolute Gasteiger partial charge is 0.135 e. The van der Waals surface area contributed by atoms with Gasteiger partial charge in [0.05, 0.1) is 19.8 Å². The van der Waals surface area contributed by atoms with Crippen molar-refractivity contribution in [3.63, 3.8) is 0 Å². The number of nitrogens with one attached hydrogen (secondary N) is 2. The molecule has 0 bridgehead atoms. The summed E-state index contributed by atoms with van der Waals surface area (Å²) in [5, 5.41) is 15.3. The molecule has 0 radical (unpaired) electrons. The molecule has 0 unspecified atom stereocenters. The molecule has 0 aliphatic rings. The molecule has 120 valence electrons. The molecule has 0 fully saturated rings. The second kappa shape index (κ2) is 9.52. The maximum atomic E-state index is 8.67. The fourth-order valence-corrected chi connectivity index (χ4v) is 1.79. The zero-order valence-electron chi connectivity index (χ0n) is 13.6. The lowest BCUT2D eigenvalue weighted by Crippen LogP contribution is -2.16. The molecule has 0 saturated carbocycles. The molecule has 6 heteroatoms. The van der Waals surface area contributed by atoms with Gasteiger partial charge in [-0.1, -0.05) is 20.8 Å². The molecule has 0 spiro atoms. The van der Waals surface area contributed by atoms with E-state index in [1.54, 1.807) is 0 Å². The average Bonchev–Trinajstić information content (AvgIpc) is 2.47. The second-order valence-electron chi connectivity index (χ2n) is 5.25. The molecule has 1 rings (SSSR count). The first-order valence-corrected chi connectivity index (χ1v) is 7.65. The van der Waals surface area contributed by atoms with Gasteiger partial charge in [-0.2, -0.15) is 0 Å². The summed E-state index contributed by atoms with van der Waals surface area (Å²) >= 11 is 0. The van der Waals surface area contributed by atoms with Crippen LogP contribution in [0.1, 0.15) is 44.5 Å². The molecule has 0 aliphatic heterocycles. The van der Waals surface area contributed by atoms with Gasteiger partial charge in [-0.05, 0) is 13.3 Å². The Balaban J connectivity index is 2.77. The number of aliphatic hydroxyl groups excluding tert-OH is 1. The third kappa shape index (κ3) is 5.85. The van der Waals surface area contributed by atoms with Crippen LogP contribution in [0.3, 0.4) is 0 Å². The van der Waals surface area contributed by atoms with Crippen LogP contribution in [-0.4, -0.2) is 48.0 Å². The van der Waals surface area contributed by atoms with Gasteiger partial charge in [0.15, 0.2) is 0 Å². The maximum absolute atomic E-state index is 8.67. The van der Waals surface area contributed by atoms with E-state index in [9.17, 15) is 0 Å². The molecular weight excluding hydrogens is 268 g/mol. The third-order valence-electron chi connectivity index (χ3n) is 3.00. The quantitative estimate of drug-likeness (QED) is 0.574. The van der Waals surface area contributed by atoms with E-state index in [2.05, 4.69) is 41.4 Å². The summed E-state index contributed by atoms with van der Waals surface area (Å²) in [4.78, 5) is 9.19. The first-order valence-electron chi connectivity index (χ1n) is 7.65. The van der Waals surface area contributed by atoms with E-state index in [0.717, 1.165) is 36.0 Å². The number of ether oxygens (including phenoxy) is 1. The minimum absolute atomic E-state index is 0.0507. The maximum Gasteiger partial charge on any atom is 0.135 e. The van der Waals surface area contributed by atoms with E-state index in [4.69, 9.17) is 9.84 Å². The predicted octanol–water partition coefficient (Wildman–Crippen LogP) is 2.15. The van der Waals surface area contributed by atoms with Crippen LogP contribution in [0.2, 0.25) is 0 Å². The van der Waals surface area contributed by atoms with Crippen LogP contribution < -0.4 is 10.6 Å². The summed E-state index contributed by atoms with van der Waals surface area (Å²) in [5.41, 5.74) is 1.02. The fraction of sp³-hybridized carbons (Fsp3) is 0.733. The van der Waals surface area contributed by atoms with E-state index >= 15 is 0 Å². The highest BCUT2D eigenvalue weighted by atomic mass is 16.5.